The van der Waals surface area contributed by atoms with Crippen LogP contribution >= 0.6 is 27.7 Å². The fourth-order valence-electron chi connectivity index (χ4n) is 3.41. The van der Waals surface area contributed by atoms with Crippen LogP contribution in [0.2, 0.25) is 0 Å². The molecule has 158 valence electrons. The molecule has 26 heavy (non-hydrogen) atoms. The van der Waals surface area contributed by atoms with Crippen molar-refractivity contribution in [3.63, 3.8) is 0 Å². The Kier molecular flexibility index (Phi) is 9.34. The predicted molar refractivity (Wildman–Crippen MR) is 128 cm³/mol. The average Bonchev–Trinajstić information content (AvgIpc) is 2.33. The highest BCUT2D eigenvalue weighted by atomic mass is 31.0. The highest BCUT2D eigenvalue weighted by Crippen LogP contribution is 2.49. The lowest BCUT2D eigenvalue weighted by Gasteiger charge is -2.47. The molecule has 0 rings (SSSR count). The molecule has 0 bridgehead atoms. The highest BCUT2D eigenvalue weighted by Gasteiger charge is 2.43. The molecule has 0 aliphatic heterocycles. The standard InChI is InChI=1S/C21H47O2P3/c1-16(2,17(3,4)14-21(10,26)22-11)12-13-23-19(7,8)20(9,25)15-18(5,6)24/h12-15,24-26H2,1-11H3. The molecule has 5 atom stereocenters. The second-order valence-corrected chi connectivity index (χ2v) is 15.2. The van der Waals surface area contributed by atoms with E-state index in [1.54, 1.807) is 7.11 Å². The van der Waals surface area contributed by atoms with Gasteiger partial charge in [0.1, 0.15) is 0 Å². The highest BCUT2D eigenvalue weighted by molar-refractivity contribution is 7.20. The Morgan fingerprint density at radius 3 is 1.54 bits per heavy atom. The van der Waals surface area contributed by atoms with Crippen molar-refractivity contribution >= 4 is 27.7 Å². The van der Waals surface area contributed by atoms with Crippen molar-refractivity contribution in [2.75, 3.05) is 13.7 Å². The second-order valence-electron chi connectivity index (χ2n) is 11.2. The van der Waals surface area contributed by atoms with Gasteiger partial charge in [-0.1, -0.05) is 48.5 Å². The van der Waals surface area contributed by atoms with Crippen molar-refractivity contribution in [1.29, 1.82) is 0 Å². The molecule has 0 aromatic carbocycles. The van der Waals surface area contributed by atoms with Gasteiger partial charge >= 0.3 is 0 Å². The van der Waals surface area contributed by atoms with Crippen LogP contribution in [0, 0.1) is 10.8 Å². The molecule has 0 saturated carbocycles. The Hall–Kier alpha value is 1.21. The number of hydrogen-bond acceptors (Lipinski definition) is 2. The predicted octanol–water partition coefficient (Wildman–Crippen LogP) is 6.53. The molecule has 0 N–H and O–H groups in total. The molecule has 0 heterocycles. The van der Waals surface area contributed by atoms with E-state index in [2.05, 4.69) is 97.0 Å². The maximum Gasteiger partial charge on any atom is 0.0786 e. The third kappa shape index (κ3) is 8.29. The van der Waals surface area contributed by atoms with Gasteiger partial charge in [-0.2, -0.15) is 0 Å². The monoisotopic (exact) mass is 424 g/mol. The van der Waals surface area contributed by atoms with Crippen LogP contribution in [0.15, 0.2) is 0 Å². The van der Waals surface area contributed by atoms with Crippen molar-refractivity contribution in [2.24, 2.45) is 10.8 Å². The van der Waals surface area contributed by atoms with Crippen LogP contribution < -0.4 is 0 Å². The average molecular weight is 425 g/mol. The summed E-state index contributed by atoms with van der Waals surface area (Å²) >= 11 is 0. The van der Waals surface area contributed by atoms with E-state index in [1.807, 2.05) is 0 Å². The molecule has 0 saturated heterocycles. The van der Waals surface area contributed by atoms with Crippen LogP contribution in [0.4, 0.5) is 0 Å². The first-order chi connectivity index (χ1) is 11.2. The van der Waals surface area contributed by atoms with Crippen LogP contribution in [0.3, 0.4) is 0 Å². The smallest absolute Gasteiger partial charge is 0.0786 e. The van der Waals surface area contributed by atoms with Crippen LogP contribution in [-0.2, 0) is 9.47 Å². The van der Waals surface area contributed by atoms with E-state index >= 15 is 0 Å². The first kappa shape index (κ1) is 27.2. The Labute approximate surface area is 171 Å². The summed E-state index contributed by atoms with van der Waals surface area (Å²) in [7, 11) is 10.6. The van der Waals surface area contributed by atoms with Crippen LogP contribution in [0.5, 0.6) is 0 Å². The zero-order valence-electron chi connectivity index (χ0n) is 19.4. The molecule has 0 aromatic rings. The minimum Gasteiger partial charge on any atom is -0.375 e. The van der Waals surface area contributed by atoms with E-state index in [9.17, 15) is 0 Å². The molecule has 2 nitrogen and oxygen atoms in total. The van der Waals surface area contributed by atoms with E-state index in [0.29, 0.717) is 0 Å². The van der Waals surface area contributed by atoms with Gasteiger partial charge in [0, 0.05) is 18.9 Å². The van der Waals surface area contributed by atoms with E-state index in [1.165, 1.54) is 0 Å². The van der Waals surface area contributed by atoms with E-state index < -0.39 is 0 Å². The van der Waals surface area contributed by atoms with Gasteiger partial charge in [0.25, 0.3) is 0 Å². The molecule has 0 aliphatic rings. The third-order valence-corrected chi connectivity index (χ3v) is 8.02. The normalized spacial score (nSPS) is 19.2. The second kappa shape index (κ2) is 8.92. The molecule has 0 spiro atoms. The van der Waals surface area contributed by atoms with Gasteiger partial charge in [-0.15, -0.1) is 27.7 Å². The van der Waals surface area contributed by atoms with Gasteiger partial charge in [-0.25, -0.2) is 0 Å². The van der Waals surface area contributed by atoms with Crippen LogP contribution in [-0.4, -0.2) is 35.0 Å². The first-order valence-electron chi connectivity index (χ1n) is 9.74. The molecule has 0 aliphatic carbocycles. The zero-order chi connectivity index (χ0) is 21.2. The summed E-state index contributed by atoms with van der Waals surface area (Å²) in [5.41, 5.74) is 0.0866. The Balaban J connectivity index is 4.97. The lowest BCUT2D eigenvalue weighted by Crippen LogP contribution is -2.48. The molecule has 5 heteroatoms. The Morgan fingerprint density at radius 1 is 0.692 bits per heavy atom. The topological polar surface area (TPSA) is 18.5 Å². The lowest BCUT2D eigenvalue weighted by atomic mass is 9.63. The molecular formula is C21H47O2P3. The first-order valence-corrected chi connectivity index (χ1v) is 11.5. The van der Waals surface area contributed by atoms with Crippen molar-refractivity contribution in [2.45, 2.75) is 110 Å². The van der Waals surface area contributed by atoms with E-state index in [4.69, 9.17) is 9.47 Å². The minimum absolute atomic E-state index is 0.0204. The van der Waals surface area contributed by atoms with Crippen molar-refractivity contribution in [3.8, 4) is 0 Å². The Morgan fingerprint density at radius 2 is 1.15 bits per heavy atom. The molecule has 5 unspecified atom stereocenters. The van der Waals surface area contributed by atoms with Gasteiger partial charge < -0.3 is 9.47 Å². The maximum atomic E-state index is 6.46. The molecular weight excluding hydrogens is 377 g/mol. The summed E-state index contributed by atoms with van der Waals surface area (Å²) in [6, 6.07) is 0. The number of hydrogen-bond donors (Lipinski definition) is 0. The summed E-state index contributed by atoms with van der Waals surface area (Å²) in [4.78, 5) is 0. The van der Waals surface area contributed by atoms with Crippen LogP contribution in [0.25, 0.3) is 0 Å². The minimum atomic E-state index is -0.201. The van der Waals surface area contributed by atoms with Gasteiger partial charge in [-0.05, 0) is 56.0 Å². The Bertz CT molecular complexity index is 447. The summed E-state index contributed by atoms with van der Waals surface area (Å²) in [5, 5.41) is 0.0261. The summed E-state index contributed by atoms with van der Waals surface area (Å²) in [6.45, 7) is 23.6. The summed E-state index contributed by atoms with van der Waals surface area (Å²) in [6.07, 6.45) is 3.08. The fourth-order valence-corrected chi connectivity index (χ4v) is 5.19. The van der Waals surface area contributed by atoms with Crippen molar-refractivity contribution in [3.05, 3.63) is 0 Å². The summed E-state index contributed by atoms with van der Waals surface area (Å²) < 4.78 is 12.1. The third-order valence-electron chi connectivity index (χ3n) is 6.48. The quantitative estimate of drug-likeness (QED) is 0.351. The zero-order valence-corrected chi connectivity index (χ0v) is 22.8. The number of methoxy groups -OCH3 is 1. The van der Waals surface area contributed by atoms with Crippen molar-refractivity contribution < 1.29 is 9.47 Å². The molecule has 0 aromatic heterocycles. The van der Waals surface area contributed by atoms with Gasteiger partial charge in [0.2, 0.25) is 0 Å². The SMILES string of the molecule is COC(C)(P)CC(C)(C)C(C)(C)CCOC(C)(C)C(C)(P)CC(C)(C)P. The maximum absolute atomic E-state index is 6.46. The molecule has 0 radical (unpaired) electrons. The number of ether oxygens (including phenoxy) is 2. The molecule has 0 fully saturated rings. The van der Waals surface area contributed by atoms with Gasteiger partial charge in [0.15, 0.2) is 0 Å². The van der Waals surface area contributed by atoms with Gasteiger partial charge in [0.05, 0.1) is 10.9 Å². The van der Waals surface area contributed by atoms with E-state index in [0.717, 1.165) is 25.9 Å². The fraction of sp³-hybridized carbons (Fsp3) is 1.00. The van der Waals surface area contributed by atoms with Gasteiger partial charge in [-0.3, -0.25) is 0 Å². The van der Waals surface area contributed by atoms with E-state index in [-0.39, 0.29) is 32.1 Å². The molecule has 0 amide bonds. The lowest BCUT2D eigenvalue weighted by molar-refractivity contribution is -0.0723. The van der Waals surface area contributed by atoms with Crippen molar-refractivity contribution in [1.82, 2.24) is 0 Å². The summed E-state index contributed by atoms with van der Waals surface area (Å²) in [5.74, 6) is 0. The largest absolute Gasteiger partial charge is 0.375 e. The number of rotatable bonds is 11. The van der Waals surface area contributed by atoms with Crippen LogP contribution in [0.1, 0.15) is 88.5 Å².